The highest BCUT2D eigenvalue weighted by Crippen LogP contribution is 2.30. The standard InChI is InChI=1S/C15H12O2/c16-9-11-6-7-13-12-4-2-1-3-10(12)5-8-14(13)15(11)17/h1-5,8-9,16H,6-7H2. The minimum atomic E-state index is -0.0421. The molecular formula is C15H12O2. The maximum absolute atomic E-state index is 12.1. The van der Waals surface area contributed by atoms with Crippen molar-refractivity contribution in [1.82, 2.24) is 0 Å². The molecule has 0 fully saturated rings. The average Bonchev–Trinajstić information content (AvgIpc) is 2.39. The summed E-state index contributed by atoms with van der Waals surface area (Å²) in [5.41, 5.74) is 2.35. The third kappa shape index (κ3) is 1.45. The zero-order chi connectivity index (χ0) is 11.8. The third-order valence-corrected chi connectivity index (χ3v) is 3.38. The van der Waals surface area contributed by atoms with Gasteiger partial charge in [0, 0.05) is 11.1 Å². The number of carbonyl (C=O) groups excluding carboxylic acids is 1. The molecule has 0 bridgehead atoms. The fourth-order valence-electron chi connectivity index (χ4n) is 2.49. The highest BCUT2D eigenvalue weighted by Gasteiger charge is 2.23. The summed E-state index contributed by atoms with van der Waals surface area (Å²) >= 11 is 0. The Morgan fingerprint density at radius 3 is 2.71 bits per heavy atom. The molecule has 17 heavy (non-hydrogen) atoms. The largest absolute Gasteiger partial charge is 0.515 e. The van der Waals surface area contributed by atoms with E-state index in [1.54, 1.807) is 0 Å². The molecule has 1 N–H and O–H groups in total. The molecular weight excluding hydrogens is 212 g/mol. The zero-order valence-electron chi connectivity index (χ0n) is 9.31. The van der Waals surface area contributed by atoms with Gasteiger partial charge in [0.05, 0.1) is 6.26 Å². The second kappa shape index (κ2) is 3.74. The van der Waals surface area contributed by atoms with Crippen LogP contribution >= 0.6 is 0 Å². The molecule has 3 rings (SSSR count). The van der Waals surface area contributed by atoms with E-state index in [1.165, 1.54) is 0 Å². The molecule has 2 aromatic carbocycles. The zero-order valence-corrected chi connectivity index (χ0v) is 9.31. The van der Waals surface area contributed by atoms with E-state index in [4.69, 9.17) is 5.11 Å². The maximum Gasteiger partial charge on any atom is 0.192 e. The van der Waals surface area contributed by atoms with Crippen LogP contribution < -0.4 is 0 Å². The van der Waals surface area contributed by atoms with Gasteiger partial charge in [-0.25, -0.2) is 0 Å². The lowest BCUT2D eigenvalue weighted by atomic mass is 9.84. The van der Waals surface area contributed by atoms with Crippen LogP contribution in [0.15, 0.2) is 48.2 Å². The van der Waals surface area contributed by atoms with E-state index in [2.05, 4.69) is 12.1 Å². The topological polar surface area (TPSA) is 37.3 Å². The Morgan fingerprint density at radius 1 is 1.06 bits per heavy atom. The lowest BCUT2D eigenvalue weighted by Gasteiger charge is -2.18. The van der Waals surface area contributed by atoms with E-state index < -0.39 is 0 Å². The van der Waals surface area contributed by atoms with Crippen LogP contribution in [-0.2, 0) is 6.42 Å². The van der Waals surface area contributed by atoms with E-state index >= 15 is 0 Å². The van der Waals surface area contributed by atoms with Crippen molar-refractivity contribution in [3.8, 4) is 0 Å². The Kier molecular flexibility index (Phi) is 2.22. The van der Waals surface area contributed by atoms with E-state index in [-0.39, 0.29) is 5.78 Å². The SMILES string of the molecule is O=C1C(=CO)CCc2c1ccc1ccccc21. The molecule has 1 aliphatic rings. The minimum Gasteiger partial charge on any atom is -0.515 e. The van der Waals surface area contributed by atoms with Gasteiger partial charge in [0.15, 0.2) is 5.78 Å². The van der Waals surface area contributed by atoms with Crippen LogP contribution in [0.5, 0.6) is 0 Å². The average molecular weight is 224 g/mol. The molecule has 0 aromatic heterocycles. The van der Waals surface area contributed by atoms with Crippen molar-refractivity contribution < 1.29 is 9.90 Å². The van der Waals surface area contributed by atoms with E-state index in [1.807, 2.05) is 24.3 Å². The number of aliphatic hydroxyl groups excluding tert-OH is 1. The first-order valence-corrected chi connectivity index (χ1v) is 5.70. The van der Waals surface area contributed by atoms with Gasteiger partial charge in [-0.1, -0.05) is 36.4 Å². The van der Waals surface area contributed by atoms with Gasteiger partial charge in [0.2, 0.25) is 0 Å². The second-order valence-corrected chi connectivity index (χ2v) is 4.30. The van der Waals surface area contributed by atoms with Gasteiger partial charge in [0.25, 0.3) is 0 Å². The number of allylic oxidation sites excluding steroid dienone is 1. The van der Waals surface area contributed by atoms with Crippen LogP contribution in [0.2, 0.25) is 0 Å². The molecule has 84 valence electrons. The monoisotopic (exact) mass is 224 g/mol. The fourth-order valence-corrected chi connectivity index (χ4v) is 2.49. The Balaban J connectivity index is 2.30. The lowest BCUT2D eigenvalue weighted by molar-refractivity contribution is 0.102. The van der Waals surface area contributed by atoms with E-state index in [0.717, 1.165) is 34.6 Å². The fraction of sp³-hybridized carbons (Fsp3) is 0.133. The number of benzene rings is 2. The number of Topliss-reactive ketones (excluding diaryl/α,β-unsaturated/α-hetero) is 1. The number of carbonyl (C=O) groups is 1. The molecule has 0 radical (unpaired) electrons. The van der Waals surface area contributed by atoms with Crippen molar-refractivity contribution in [3.63, 3.8) is 0 Å². The Bertz CT molecular complexity index is 638. The Labute approximate surface area is 99.2 Å². The number of fused-ring (bicyclic) bond motifs is 3. The molecule has 0 saturated carbocycles. The number of aryl methyl sites for hydroxylation is 1. The van der Waals surface area contributed by atoms with Gasteiger partial charge in [-0.2, -0.15) is 0 Å². The van der Waals surface area contributed by atoms with Gasteiger partial charge < -0.3 is 5.11 Å². The molecule has 0 spiro atoms. The molecule has 0 atom stereocenters. The normalized spacial score (nSPS) is 17.4. The second-order valence-electron chi connectivity index (χ2n) is 4.30. The van der Waals surface area contributed by atoms with Crippen LogP contribution in [0.3, 0.4) is 0 Å². The molecule has 0 unspecified atom stereocenters. The van der Waals surface area contributed by atoms with Crippen molar-refractivity contribution in [3.05, 3.63) is 59.4 Å². The summed E-state index contributed by atoms with van der Waals surface area (Å²) < 4.78 is 0. The number of aliphatic hydroxyl groups is 1. The predicted octanol–water partition coefficient (Wildman–Crippen LogP) is 3.41. The highest BCUT2D eigenvalue weighted by molar-refractivity contribution is 6.13. The first-order chi connectivity index (χ1) is 8.31. The highest BCUT2D eigenvalue weighted by atomic mass is 16.2. The first kappa shape index (κ1) is 10.1. The molecule has 2 nitrogen and oxygen atoms in total. The Hall–Kier alpha value is -2.09. The van der Waals surface area contributed by atoms with Gasteiger partial charge in [-0.15, -0.1) is 0 Å². The maximum atomic E-state index is 12.1. The Morgan fingerprint density at radius 2 is 1.88 bits per heavy atom. The molecule has 0 amide bonds. The van der Waals surface area contributed by atoms with Crippen LogP contribution in [0, 0.1) is 0 Å². The summed E-state index contributed by atoms with van der Waals surface area (Å²) in [5.74, 6) is -0.0421. The number of rotatable bonds is 0. The lowest BCUT2D eigenvalue weighted by Crippen LogP contribution is -2.14. The van der Waals surface area contributed by atoms with Crippen molar-refractivity contribution in [1.29, 1.82) is 0 Å². The summed E-state index contributed by atoms with van der Waals surface area (Å²) in [6.45, 7) is 0. The third-order valence-electron chi connectivity index (χ3n) is 3.38. The smallest absolute Gasteiger partial charge is 0.192 e. The number of hydrogen-bond donors (Lipinski definition) is 1. The van der Waals surface area contributed by atoms with Crippen LogP contribution in [0.4, 0.5) is 0 Å². The van der Waals surface area contributed by atoms with Crippen molar-refractivity contribution in [2.24, 2.45) is 0 Å². The molecule has 0 aliphatic heterocycles. The van der Waals surface area contributed by atoms with Gasteiger partial charge in [-0.3, -0.25) is 4.79 Å². The van der Waals surface area contributed by atoms with Gasteiger partial charge in [0.1, 0.15) is 0 Å². The summed E-state index contributed by atoms with van der Waals surface area (Å²) in [5, 5.41) is 11.3. The van der Waals surface area contributed by atoms with E-state index in [0.29, 0.717) is 12.0 Å². The summed E-state index contributed by atoms with van der Waals surface area (Å²) in [6, 6.07) is 11.9. The molecule has 0 saturated heterocycles. The first-order valence-electron chi connectivity index (χ1n) is 5.70. The van der Waals surface area contributed by atoms with Gasteiger partial charge >= 0.3 is 0 Å². The summed E-state index contributed by atoms with van der Waals surface area (Å²) in [4.78, 5) is 12.1. The summed E-state index contributed by atoms with van der Waals surface area (Å²) in [6.07, 6.45) is 2.38. The van der Waals surface area contributed by atoms with E-state index in [9.17, 15) is 4.79 Å². The number of ketones is 1. The number of hydrogen-bond acceptors (Lipinski definition) is 2. The quantitative estimate of drug-likeness (QED) is 0.550. The molecule has 2 heteroatoms. The van der Waals surface area contributed by atoms with Gasteiger partial charge in [-0.05, 0) is 29.2 Å². The van der Waals surface area contributed by atoms with Crippen LogP contribution in [0.1, 0.15) is 22.3 Å². The molecule has 2 aromatic rings. The predicted molar refractivity (Wildman–Crippen MR) is 67.3 cm³/mol. The van der Waals surface area contributed by atoms with Crippen molar-refractivity contribution >= 4 is 16.6 Å². The van der Waals surface area contributed by atoms with Crippen LogP contribution in [0.25, 0.3) is 10.8 Å². The minimum absolute atomic E-state index is 0.0421. The van der Waals surface area contributed by atoms with Crippen LogP contribution in [-0.4, -0.2) is 10.9 Å². The summed E-state index contributed by atoms with van der Waals surface area (Å²) in [7, 11) is 0. The molecule has 0 heterocycles. The molecule has 1 aliphatic carbocycles. The van der Waals surface area contributed by atoms with Crippen molar-refractivity contribution in [2.75, 3.05) is 0 Å². The van der Waals surface area contributed by atoms with Crippen molar-refractivity contribution in [2.45, 2.75) is 12.8 Å².